The number of nitrogens with one attached hydrogen (secondary N) is 2. The predicted molar refractivity (Wildman–Crippen MR) is 104 cm³/mol. The minimum absolute atomic E-state index is 0.144. The van der Waals surface area contributed by atoms with Crippen LogP contribution in [0.15, 0.2) is 48.5 Å². The van der Waals surface area contributed by atoms with E-state index in [0.29, 0.717) is 19.4 Å². The van der Waals surface area contributed by atoms with Crippen molar-refractivity contribution in [2.75, 3.05) is 11.9 Å². The summed E-state index contributed by atoms with van der Waals surface area (Å²) in [5.74, 6) is -0.329. The van der Waals surface area contributed by atoms with Crippen LogP contribution >= 0.6 is 0 Å². The fourth-order valence-corrected chi connectivity index (χ4v) is 3.24. The molecule has 0 bridgehead atoms. The van der Waals surface area contributed by atoms with Gasteiger partial charge in [0, 0.05) is 12.2 Å². The number of para-hydroxylation sites is 1. The van der Waals surface area contributed by atoms with Crippen molar-refractivity contribution in [1.82, 2.24) is 5.32 Å². The van der Waals surface area contributed by atoms with E-state index in [-0.39, 0.29) is 11.8 Å². The number of carbonyl (C=O) groups excluding carboxylic acids is 2. The molecule has 136 valence electrons. The molecular formula is C22H26N2O2. The monoisotopic (exact) mass is 350 g/mol. The molecule has 1 aliphatic carbocycles. The van der Waals surface area contributed by atoms with Gasteiger partial charge in [0.25, 0.3) is 0 Å². The molecule has 3 rings (SSSR count). The Labute approximate surface area is 155 Å². The standard InChI is InChI=1S/C22H26N2O2/c1-16-8-6-9-17(2)19(16)24-21(26)22(13-14-22)20(25)23-15-7-12-18-10-4-3-5-11-18/h3-6,8-11H,7,12-15H2,1-2H3,(H,23,25)(H,24,26). The lowest BCUT2D eigenvalue weighted by Gasteiger charge is -2.17. The smallest absolute Gasteiger partial charge is 0.240 e. The molecule has 2 aromatic carbocycles. The van der Waals surface area contributed by atoms with Crippen molar-refractivity contribution in [3.05, 3.63) is 65.2 Å². The van der Waals surface area contributed by atoms with Crippen molar-refractivity contribution < 1.29 is 9.59 Å². The number of amides is 2. The molecule has 26 heavy (non-hydrogen) atoms. The quantitative estimate of drug-likeness (QED) is 0.590. The van der Waals surface area contributed by atoms with Gasteiger partial charge in [0.15, 0.2) is 0 Å². The molecule has 1 fully saturated rings. The maximum atomic E-state index is 12.7. The van der Waals surface area contributed by atoms with Gasteiger partial charge in [-0.05, 0) is 56.2 Å². The van der Waals surface area contributed by atoms with Gasteiger partial charge in [-0.3, -0.25) is 9.59 Å². The predicted octanol–water partition coefficient (Wildman–Crippen LogP) is 3.77. The van der Waals surface area contributed by atoms with Crippen LogP contribution < -0.4 is 10.6 Å². The first-order valence-corrected chi connectivity index (χ1v) is 9.23. The highest BCUT2D eigenvalue weighted by Gasteiger charge is 2.56. The molecule has 4 nitrogen and oxygen atoms in total. The molecule has 1 saturated carbocycles. The van der Waals surface area contributed by atoms with Crippen molar-refractivity contribution in [2.24, 2.45) is 5.41 Å². The van der Waals surface area contributed by atoms with Crippen LogP contribution in [0.1, 0.15) is 36.0 Å². The second-order valence-corrected chi connectivity index (χ2v) is 7.15. The van der Waals surface area contributed by atoms with Gasteiger partial charge in [0.05, 0.1) is 0 Å². The second-order valence-electron chi connectivity index (χ2n) is 7.15. The van der Waals surface area contributed by atoms with Gasteiger partial charge in [-0.1, -0.05) is 48.5 Å². The van der Waals surface area contributed by atoms with Crippen LogP contribution in [0.2, 0.25) is 0 Å². The van der Waals surface area contributed by atoms with Crippen LogP contribution in [-0.4, -0.2) is 18.4 Å². The van der Waals surface area contributed by atoms with Gasteiger partial charge in [0.2, 0.25) is 11.8 Å². The fraction of sp³-hybridized carbons (Fsp3) is 0.364. The van der Waals surface area contributed by atoms with Crippen molar-refractivity contribution in [3.63, 3.8) is 0 Å². The molecule has 0 atom stereocenters. The Morgan fingerprint density at radius 2 is 1.58 bits per heavy atom. The molecular weight excluding hydrogens is 324 g/mol. The normalized spacial score (nSPS) is 14.5. The maximum Gasteiger partial charge on any atom is 0.240 e. The maximum absolute atomic E-state index is 12.7. The van der Waals surface area contributed by atoms with Crippen molar-refractivity contribution >= 4 is 17.5 Å². The zero-order valence-corrected chi connectivity index (χ0v) is 15.5. The molecule has 0 saturated heterocycles. The molecule has 0 heterocycles. The van der Waals surface area contributed by atoms with Crippen LogP contribution in [0.5, 0.6) is 0 Å². The van der Waals surface area contributed by atoms with Gasteiger partial charge < -0.3 is 10.6 Å². The summed E-state index contributed by atoms with van der Waals surface area (Å²) in [5.41, 5.74) is 3.22. The summed E-state index contributed by atoms with van der Waals surface area (Å²) in [4.78, 5) is 25.3. The Morgan fingerprint density at radius 3 is 2.19 bits per heavy atom. The average molecular weight is 350 g/mol. The Balaban J connectivity index is 1.53. The molecule has 4 heteroatoms. The number of carbonyl (C=O) groups is 2. The molecule has 0 aromatic heterocycles. The van der Waals surface area contributed by atoms with E-state index in [9.17, 15) is 9.59 Å². The summed E-state index contributed by atoms with van der Waals surface area (Å²) in [6.07, 6.45) is 3.02. The number of aryl methyl sites for hydroxylation is 3. The summed E-state index contributed by atoms with van der Waals surface area (Å²) in [6, 6.07) is 16.1. The topological polar surface area (TPSA) is 58.2 Å². The van der Waals surface area contributed by atoms with E-state index in [1.807, 2.05) is 50.2 Å². The third kappa shape index (κ3) is 3.96. The van der Waals surface area contributed by atoms with Crippen LogP contribution in [-0.2, 0) is 16.0 Å². The highest BCUT2D eigenvalue weighted by atomic mass is 16.2. The highest BCUT2D eigenvalue weighted by Crippen LogP contribution is 2.47. The van der Waals surface area contributed by atoms with Gasteiger partial charge in [-0.2, -0.15) is 0 Å². The third-order valence-electron chi connectivity index (χ3n) is 5.11. The molecule has 1 aliphatic rings. The fourth-order valence-electron chi connectivity index (χ4n) is 3.24. The molecule has 0 spiro atoms. The minimum atomic E-state index is -0.887. The zero-order valence-electron chi connectivity index (χ0n) is 15.5. The lowest BCUT2D eigenvalue weighted by molar-refractivity contribution is -0.134. The lowest BCUT2D eigenvalue weighted by Crippen LogP contribution is -2.40. The van der Waals surface area contributed by atoms with E-state index < -0.39 is 5.41 Å². The van der Waals surface area contributed by atoms with Crippen molar-refractivity contribution in [3.8, 4) is 0 Å². The summed E-state index contributed by atoms with van der Waals surface area (Å²) < 4.78 is 0. The van der Waals surface area contributed by atoms with E-state index in [1.54, 1.807) is 0 Å². The summed E-state index contributed by atoms with van der Waals surface area (Å²) in [7, 11) is 0. The Kier molecular flexibility index (Phi) is 5.40. The molecule has 0 unspecified atom stereocenters. The largest absolute Gasteiger partial charge is 0.355 e. The number of rotatable bonds is 7. The van der Waals surface area contributed by atoms with Crippen molar-refractivity contribution in [2.45, 2.75) is 39.5 Å². The molecule has 2 amide bonds. The third-order valence-corrected chi connectivity index (χ3v) is 5.11. The van der Waals surface area contributed by atoms with Gasteiger partial charge >= 0.3 is 0 Å². The number of benzene rings is 2. The van der Waals surface area contributed by atoms with Gasteiger partial charge in [-0.15, -0.1) is 0 Å². The van der Waals surface area contributed by atoms with Crippen LogP contribution in [0, 0.1) is 19.3 Å². The first-order chi connectivity index (χ1) is 12.5. The SMILES string of the molecule is Cc1cccc(C)c1NC(=O)C1(C(=O)NCCCc2ccccc2)CC1. The van der Waals surface area contributed by atoms with Crippen LogP contribution in [0.4, 0.5) is 5.69 Å². The summed E-state index contributed by atoms with van der Waals surface area (Å²) >= 11 is 0. The van der Waals surface area contributed by atoms with E-state index in [0.717, 1.165) is 29.7 Å². The van der Waals surface area contributed by atoms with Gasteiger partial charge in [-0.25, -0.2) is 0 Å². The number of hydrogen-bond acceptors (Lipinski definition) is 2. The Bertz CT molecular complexity index is 775. The lowest BCUT2D eigenvalue weighted by atomic mass is 10.0. The molecule has 2 aromatic rings. The Hall–Kier alpha value is -2.62. The summed E-state index contributed by atoms with van der Waals surface area (Å²) in [6.45, 7) is 4.52. The molecule has 0 aliphatic heterocycles. The zero-order chi connectivity index (χ0) is 18.6. The first-order valence-electron chi connectivity index (χ1n) is 9.23. The first kappa shape index (κ1) is 18.2. The summed E-state index contributed by atoms with van der Waals surface area (Å²) in [5, 5.41) is 5.93. The van der Waals surface area contributed by atoms with Crippen LogP contribution in [0.25, 0.3) is 0 Å². The van der Waals surface area contributed by atoms with E-state index in [4.69, 9.17) is 0 Å². The van der Waals surface area contributed by atoms with E-state index in [1.165, 1.54) is 5.56 Å². The van der Waals surface area contributed by atoms with Gasteiger partial charge in [0.1, 0.15) is 5.41 Å². The second kappa shape index (κ2) is 7.73. The molecule has 2 N–H and O–H groups in total. The van der Waals surface area contributed by atoms with E-state index >= 15 is 0 Å². The Morgan fingerprint density at radius 1 is 0.923 bits per heavy atom. The number of anilines is 1. The minimum Gasteiger partial charge on any atom is -0.355 e. The van der Waals surface area contributed by atoms with E-state index in [2.05, 4.69) is 22.8 Å². The highest BCUT2D eigenvalue weighted by molar-refractivity contribution is 6.13. The van der Waals surface area contributed by atoms with Crippen molar-refractivity contribution in [1.29, 1.82) is 0 Å². The molecule has 0 radical (unpaired) electrons. The average Bonchev–Trinajstić information content (AvgIpc) is 3.45. The van der Waals surface area contributed by atoms with Crippen LogP contribution in [0.3, 0.4) is 0 Å². The number of hydrogen-bond donors (Lipinski definition) is 2.